The number of amides is 3. The maximum absolute atomic E-state index is 13.4. The van der Waals surface area contributed by atoms with Gasteiger partial charge in [0.05, 0.1) is 27.8 Å². The molecule has 2 heterocycles. The van der Waals surface area contributed by atoms with Crippen molar-refractivity contribution in [1.29, 1.82) is 0 Å². The highest BCUT2D eigenvalue weighted by molar-refractivity contribution is 6.42. The summed E-state index contributed by atoms with van der Waals surface area (Å²) in [4.78, 5) is 37.9. The standard InChI is InChI=1S/C28H21Cl4N5O3/c29-18-10-19(30)12-21(11-18)35-28(39)37-14-22(36-40-15-16-3-5-23(31)24(32)8-16)13-26(37)27(38)34-20-4-6-25-17(9-20)2-1-7-33-25/h1-12,26H,13-15H2,(H,34,38)(H,35,39)/b36-22-. The van der Waals surface area contributed by atoms with Crippen molar-refractivity contribution in [1.82, 2.24) is 9.88 Å². The summed E-state index contributed by atoms with van der Waals surface area (Å²) in [5, 5.41) is 12.3. The third kappa shape index (κ3) is 6.77. The highest BCUT2D eigenvalue weighted by Gasteiger charge is 2.38. The van der Waals surface area contributed by atoms with E-state index < -0.39 is 12.1 Å². The number of aromatic nitrogens is 1. The predicted molar refractivity (Wildman–Crippen MR) is 160 cm³/mol. The normalized spacial score (nSPS) is 15.8. The SMILES string of the molecule is O=C(Nc1ccc2ncccc2c1)C1C/C(=N/OCc2ccc(Cl)c(Cl)c2)CN1C(=O)Nc1cc(Cl)cc(Cl)c1. The zero-order chi connectivity index (χ0) is 28.2. The van der Waals surface area contributed by atoms with Gasteiger partial charge in [0.25, 0.3) is 0 Å². The van der Waals surface area contributed by atoms with Crippen molar-refractivity contribution in [3.8, 4) is 0 Å². The molecule has 40 heavy (non-hydrogen) atoms. The molecule has 1 atom stereocenters. The largest absolute Gasteiger partial charge is 0.391 e. The van der Waals surface area contributed by atoms with Crippen LogP contribution in [0, 0.1) is 0 Å². The number of oxime groups is 1. The zero-order valence-electron chi connectivity index (χ0n) is 20.7. The van der Waals surface area contributed by atoms with E-state index >= 15 is 0 Å². The Morgan fingerprint density at radius 1 is 0.925 bits per heavy atom. The molecule has 0 bridgehead atoms. The zero-order valence-corrected chi connectivity index (χ0v) is 23.7. The summed E-state index contributed by atoms with van der Waals surface area (Å²) >= 11 is 24.2. The van der Waals surface area contributed by atoms with Crippen LogP contribution in [0.4, 0.5) is 16.2 Å². The van der Waals surface area contributed by atoms with Crippen LogP contribution in [0.5, 0.6) is 0 Å². The van der Waals surface area contributed by atoms with Crippen molar-refractivity contribution in [3.63, 3.8) is 0 Å². The minimum atomic E-state index is -0.855. The van der Waals surface area contributed by atoms with Crippen LogP contribution in [0.25, 0.3) is 10.9 Å². The summed E-state index contributed by atoms with van der Waals surface area (Å²) in [5.74, 6) is -0.378. The minimum absolute atomic E-state index is 0.0707. The number of likely N-dealkylation sites (tertiary alicyclic amines) is 1. The Hall–Kier alpha value is -3.56. The Labute approximate surface area is 249 Å². The molecule has 8 nitrogen and oxygen atoms in total. The molecule has 3 amide bonds. The van der Waals surface area contributed by atoms with Gasteiger partial charge < -0.3 is 20.4 Å². The number of halogens is 4. The van der Waals surface area contributed by atoms with Crippen molar-refractivity contribution in [2.24, 2.45) is 5.16 Å². The average molecular weight is 617 g/mol. The van der Waals surface area contributed by atoms with E-state index in [0.717, 1.165) is 16.5 Å². The second-order valence-corrected chi connectivity index (χ2v) is 10.7. The second-order valence-electron chi connectivity index (χ2n) is 9.02. The fraction of sp³-hybridized carbons (Fsp3) is 0.143. The topological polar surface area (TPSA) is 95.9 Å². The minimum Gasteiger partial charge on any atom is -0.391 e. The average Bonchev–Trinajstić information content (AvgIpc) is 3.35. The molecule has 1 unspecified atom stereocenters. The van der Waals surface area contributed by atoms with Gasteiger partial charge >= 0.3 is 6.03 Å². The van der Waals surface area contributed by atoms with Crippen molar-refractivity contribution in [3.05, 3.63) is 98.6 Å². The molecule has 0 radical (unpaired) electrons. The highest BCUT2D eigenvalue weighted by Crippen LogP contribution is 2.26. The number of rotatable bonds is 6. The maximum Gasteiger partial charge on any atom is 0.322 e. The molecule has 204 valence electrons. The number of urea groups is 1. The van der Waals surface area contributed by atoms with Crippen LogP contribution in [0.3, 0.4) is 0 Å². The van der Waals surface area contributed by atoms with Crippen LogP contribution in [-0.2, 0) is 16.2 Å². The summed E-state index contributed by atoms with van der Waals surface area (Å²) in [5.41, 5.74) is 3.06. The molecular weight excluding hydrogens is 596 g/mol. The highest BCUT2D eigenvalue weighted by atomic mass is 35.5. The first-order valence-electron chi connectivity index (χ1n) is 12.1. The lowest BCUT2D eigenvalue weighted by molar-refractivity contribution is -0.119. The number of carbonyl (C=O) groups excluding carboxylic acids is 2. The van der Waals surface area contributed by atoms with E-state index in [1.807, 2.05) is 24.3 Å². The van der Waals surface area contributed by atoms with Crippen molar-refractivity contribution in [2.75, 3.05) is 17.2 Å². The summed E-state index contributed by atoms with van der Waals surface area (Å²) in [7, 11) is 0. The Morgan fingerprint density at radius 3 is 2.50 bits per heavy atom. The second kappa shape index (κ2) is 12.3. The van der Waals surface area contributed by atoms with Gasteiger partial charge in [0.1, 0.15) is 12.6 Å². The van der Waals surface area contributed by atoms with E-state index in [0.29, 0.717) is 37.2 Å². The third-order valence-electron chi connectivity index (χ3n) is 6.11. The summed E-state index contributed by atoms with van der Waals surface area (Å²) < 4.78 is 0. The Bertz CT molecular complexity index is 1610. The Kier molecular flexibility index (Phi) is 8.61. The van der Waals surface area contributed by atoms with E-state index in [1.54, 1.807) is 48.7 Å². The van der Waals surface area contributed by atoms with Gasteiger partial charge in [-0.1, -0.05) is 63.7 Å². The first-order valence-corrected chi connectivity index (χ1v) is 13.6. The summed E-state index contributed by atoms with van der Waals surface area (Å²) in [6.07, 6.45) is 1.87. The number of benzene rings is 3. The molecule has 2 N–H and O–H groups in total. The molecule has 3 aromatic carbocycles. The van der Waals surface area contributed by atoms with E-state index in [2.05, 4.69) is 20.8 Å². The van der Waals surface area contributed by atoms with Gasteiger partial charge in [-0.05, 0) is 60.2 Å². The van der Waals surface area contributed by atoms with Crippen LogP contribution in [0.2, 0.25) is 20.1 Å². The van der Waals surface area contributed by atoms with Gasteiger partial charge in [-0.3, -0.25) is 9.78 Å². The molecule has 0 aliphatic carbocycles. The molecule has 5 rings (SSSR count). The van der Waals surface area contributed by atoms with Gasteiger partial charge in [-0.15, -0.1) is 0 Å². The van der Waals surface area contributed by atoms with Crippen LogP contribution in [0.15, 0.2) is 78.1 Å². The predicted octanol–water partition coefficient (Wildman–Crippen LogP) is 7.67. The van der Waals surface area contributed by atoms with E-state index in [-0.39, 0.29) is 25.5 Å². The number of pyridine rings is 1. The molecular formula is C28H21Cl4N5O3. The van der Waals surface area contributed by atoms with Gasteiger partial charge in [-0.2, -0.15) is 0 Å². The van der Waals surface area contributed by atoms with Crippen LogP contribution in [-0.4, -0.2) is 40.1 Å². The first-order chi connectivity index (χ1) is 19.2. The van der Waals surface area contributed by atoms with Crippen molar-refractivity contribution < 1.29 is 14.4 Å². The molecule has 1 fully saturated rings. The van der Waals surface area contributed by atoms with E-state index in [9.17, 15) is 9.59 Å². The van der Waals surface area contributed by atoms with Crippen LogP contribution >= 0.6 is 46.4 Å². The molecule has 1 saturated heterocycles. The van der Waals surface area contributed by atoms with Crippen molar-refractivity contribution >= 4 is 86.3 Å². The van der Waals surface area contributed by atoms with E-state index in [4.69, 9.17) is 51.2 Å². The first kappa shape index (κ1) is 28.0. The summed E-state index contributed by atoms with van der Waals surface area (Å²) in [6.45, 7) is 0.205. The van der Waals surface area contributed by atoms with Gasteiger partial charge in [0.2, 0.25) is 5.91 Å². The molecule has 1 aromatic heterocycles. The molecule has 0 saturated carbocycles. The van der Waals surface area contributed by atoms with Crippen molar-refractivity contribution in [2.45, 2.75) is 19.1 Å². The number of anilines is 2. The number of hydrogen-bond acceptors (Lipinski definition) is 5. The fourth-order valence-corrected chi connectivity index (χ4v) is 5.09. The fourth-order valence-electron chi connectivity index (χ4n) is 4.25. The number of nitrogens with one attached hydrogen (secondary N) is 2. The Balaban J connectivity index is 1.34. The molecule has 12 heteroatoms. The van der Waals surface area contributed by atoms with E-state index in [1.165, 1.54) is 4.90 Å². The number of fused-ring (bicyclic) bond motifs is 1. The van der Waals surface area contributed by atoms with Gasteiger partial charge in [-0.25, -0.2) is 4.79 Å². The molecule has 0 spiro atoms. The quantitative estimate of drug-likeness (QED) is 0.217. The number of carbonyl (C=O) groups is 2. The smallest absolute Gasteiger partial charge is 0.322 e. The van der Waals surface area contributed by atoms with Crippen LogP contribution < -0.4 is 10.6 Å². The molecule has 1 aliphatic rings. The lowest BCUT2D eigenvalue weighted by atomic mass is 10.1. The lowest BCUT2D eigenvalue weighted by Crippen LogP contribution is -2.45. The maximum atomic E-state index is 13.4. The number of hydrogen-bond donors (Lipinski definition) is 2. The lowest BCUT2D eigenvalue weighted by Gasteiger charge is -2.23. The summed E-state index contributed by atoms with van der Waals surface area (Å²) in [6, 6.07) is 17.6. The van der Waals surface area contributed by atoms with Gasteiger partial charge in [0.15, 0.2) is 0 Å². The van der Waals surface area contributed by atoms with Gasteiger partial charge in [0, 0.05) is 39.4 Å². The monoisotopic (exact) mass is 615 g/mol. The van der Waals surface area contributed by atoms with Crippen LogP contribution in [0.1, 0.15) is 12.0 Å². The number of nitrogens with zero attached hydrogens (tertiary/aromatic N) is 3. The third-order valence-corrected chi connectivity index (χ3v) is 7.29. The molecule has 1 aliphatic heterocycles. The Morgan fingerprint density at radius 2 is 1.73 bits per heavy atom. The molecule has 4 aromatic rings.